The first-order valence-corrected chi connectivity index (χ1v) is 10.2. The van der Waals surface area contributed by atoms with Crippen molar-refractivity contribution in [3.63, 3.8) is 0 Å². The number of sulfonamides is 1. The predicted octanol–water partition coefficient (Wildman–Crippen LogP) is 4.12. The zero-order valence-electron chi connectivity index (χ0n) is 13.3. The third kappa shape index (κ3) is 3.38. The van der Waals surface area contributed by atoms with Crippen LogP contribution in [-0.4, -0.2) is 25.8 Å². The highest BCUT2D eigenvalue weighted by molar-refractivity contribution is 7.89. The topological polar surface area (TPSA) is 37.4 Å². The summed E-state index contributed by atoms with van der Waals surface area (Å²) in [5, 5.41) is -0.341. The van der Waals surface area contributed by atoms with Gasteiger partial charge in [-0.15, -0.1) is 0 Å². The Morgan fingerprint density at radius 3 is 2.09 bits per heavy atom. The molecule has 2 aliphatic rings. The van der Waals surface area contributed by atoms with Crippen molar-refractivity contribution in [2.45, 2.75) is 56.6 Å². The Kier molecular flexibility index (Phi) is 5.19. The second kappa shape index (κ2) is 7.14. The number of rotatable bonds is 4. The molecular formula is C18H27NO2S. The van der Waals surface area contributed by atoms with Gasteiger partial charge in [-0.3, -0.25) is 0 Å². The lowest BCUT2D eigenvalue weighted by atomic mass is 9.84. The maximum atomic E-state index is 13.3. The van der Waals surface area contributed by atoms with E-state index in [0.717, 1.165) is 37.7 Å². The molecular weight excluding hydrogens is 294 g/mol. The van der Waals surface area contributed by atoms with Crippen LogP contribution in [0, 0.1) is 5.92 Å². The Hall–Kier alpha value is -0.870. The van der Waals surface area contributed by atoms with Crippen LogP contribution in [0.2, 0.25) is 0 Å². The van der Waals surface area contributed by atoms with Crippen molar-refractivity contribution < 1.29 is 8.42 Å². The lowest BCUT2D eigenvalue weighted by Crippen LogP contribution is -2.41. The van der Waals surface area contributed by atoms with E-state index in [0.29, 0.717) is 13.1 Å². The van der Waals surface area contributed by atoms with E-state index < -0.39 is 10.0 Å². The minimum Gasteiger partial charge on any atom is -0.212 e. The van der Waals surface area contributed by atoms with Gasteiger partial charge in [0.25, 0.3) is 0 Å². The zero-order chi connectivity index (χ0) is 15.4. The van der Waals surface area contributed by atoms with Gasteiger partial charge in [-0.1, -0.05) is 56.0 Å². The van der Waals surface area contributed by atoms with Crippen LogP contribution in [0.1, 0.15) is 62.2 Å². The summed E-state index contributed by atoms with van der Waals surface area (Å²) in [6.07, 6.45) is 8.86. The van der Waals surface area contributed by atoms with Gasteiger partial charge in [0.15, 0.2) is 0 Å². The Morgan fingerprint density at radius 2 is 1.45 bits per heavy atom. The first kappa shape index (κ1) is 16.0. The molecule has 1 aliphatic heterocycles. The molecule has 0 unspecified atom stereocenters. The van der Waals surface area contributed by atoms with Gasteiger partial charge in [0.1, 0.15) is 5.25 Å². The van der Waals surface area contributed by atoms with Crippen LogP contribution in [0.5, 0.6) is 0 Å². The quantitative estimate of drug-likeness (QED) is 0.836. The van der Waals surface area contributed by atoms with E-state index in [1.165, 1.54) is 19.3 Å². The summed E-state index contributed by atoms with van der Waals surface area (Å²) in [5.74, 6) is 0.281. The van der Waals surface area contributed by atoms with E-state index in [-0.39, 0.29) is 11.2 Å². The molecule has 1 saturated carbocycles. The normalized spacial score (nSPS) is 23.3. The summed E-state index contributed by atoms with van der Waals surface area (Å²) < 4.78 is 28.4. The van der Waals surface area contributed by atoms with Crippen molar-refractivity contribution in [3.8, 4) is 0 Å². The number of hydrogen-bond acceptors (Lipinski definition) is 2. The third-order valence-electron chi connectivity index (χ3n) is 5.20. The number of piperidine rings is 1. The van der Waals surface area contributed by atoms with E-state index in [2.05, 4.69) is 0 Å². The van der Waals surface area contributed by atoms with E-state index >= 15 is 0 Å². The van der Waals surface area contributed by atoms with Crippen molar-refractivity contribution in [1.29, 1.82) is 0 Å². The third-order valence-corrected chi connectivity index (χ3v) is 7.59. The highest BCUT2D eigenvalue weighted by atomic mass is 32.2. The molecule has 122 valence electrons. The minimum absolute atomic E-state index is 0.281. The number of nitrogens with zero attached hydrogens (tertiary/aromatic N) is 1. The number of benzene rings is 1. The van der Waals surface area contributed by atoms with Gasteiger partial charge in [-0.25, -0.2) is 12.7 Å². The van der Waals surface area contributed by atoms with Crippen molar-refractivity contribution in [2.24, 2.45) is 5.92 Å². The molecule has 0 radical (unpaired) electrons. The fourth-order valence-corrected chi connectivity index (χ4v) is 6.39. The average molecular weight is 321 g/mol. The van der Waals surface area contributed by atoms with Gasteiger partial charge in [-0.05, 0) is 37.2 Å². The zero-order valence-corrected chi connectivity index (χ0v) is 14.1. The Morgan fingerprint density at radius 1 is 0.864 bits per heavy atom. The van der Waals surface area contributed by atoms with Gasteiger partial charge in [-0.2, -0.15) is 0 Å². The van der Waals surface area contributed by atoms with Crippen LogP contribution in [-0.2, 0) is 10.0 Å². The van der Waals surface area contributed by atoms with Crippen LogP contribution in [0.25, 0.3) is 0 Å². The minimum atomic E-state index is -3.24. The molecule has 3 nitrogen and oxygen atoms in total. The van der Waals surface area contributed by atoms with Crippen LogP contribution in [0.3, 0.4) is 0 Å². The smallest absolute Gasteiger partial charge is 0.212 e. The lowest BCUT2D eigenvalue weighted by molar-refractivity contribution is 0.308. The summed E-state index contributed by atoms with van der Waals surface area (Å²) in [6, 6.07) is 9.91. The molecule has 1 aromatic carbocycles. The van der Waals surface area contributed by atoms with Gasteiger partial charge in [0, 0.05) is 13.1 Å². The van der Waals surface area contributed by atoms with Gasteiger partial charge < -0.3 is 0 Å². The van der Waals surface area contributed by atoms with Crippen molar-refractivity contribution in [1.82, 2.24) is 4.31 Å². The fourth-order valence-electron chi connectivity index (χ4n) is 4.05. The summed E-state index contributed by atoms with van der Waals surface area (Å²) in [4.78, 5) is 0. The van der Waals surface area contributed by atoms with E-state index in [1.54, 1.807) is 4.31 Å². The molecule has 1 atom stereocenters. The molecule has 1 heterocycles. The molecule has 4 heteroatoms. The highest BCUT2D eigenvalue weighted by Crippen LogP contribution is 2.41. The monoisotopic (exact) mass is 321 g/mol. The van der Waals surface area contributed by atoms with Crippen LogP contribution < -0.4 is 0 Å². The molecule has 0 N–H and O–H groups in total. The van der Waals surface area contributed by atoms with E-state index in [1.807, 2.05) is 30.3 Å². The summed E-state index contributed by atoms with van der Waals surface area (Å²) in [6.45, 7) is 1.41. The van der Waals surface area contributed by atoms with Crippen LogP contribution in [0.15, 0.2) is 30.3 Å². The van der Waals surface area contributed by atoms with Gasteiger partial charge >= 0.3 is 0 Å². The predicted molar refractivity (Wildman–Crippen MR) is 90.1 cm³/mol. The average Bonchev–Trinajstić information content (AvgIpc) is 2.58. The highest BCUT2D eigenvalue weighted by Gasteiger charge is 2.39. The molecule has 1 aliphatic carbocycles. The lowest BCUT2D eigenvalue weighted by Gasteiger charge is -2.35. The molecule has 0 bridgehead atoms. The second-order valence-electron chi connectivity index (χ2n) is 6.73. The van der Waals surface area contributed by atoms with Gasteiger partial charge in [0.2, 0.25) is 10.0 Å². The molecule has 0 amide bonds. The Labute approximate surface area is 134 Å². The van der Waals surface area contributed by atoms with Gasteiger partial charge in [0.05, 0.1) is 0 Å². The molecule has 22 heavy (non-hydrogen) atoms. The Balaban J connectivity index is 1.93. The standard InChI is InChI=1S/C18H27NO2S/c20-22(21,19-14-8-3-9-15-19)18(16-10-4-1-5-11-16)17-12-6-2-7-13-17/h1,4-5,10-11,17-18H,2-3,6-9,12-15H2/t18-/m0/s1. The first-order valence-electron chi connectivity index (χ1n) is 8.73. The molecule has 1 aromatic rings. The van der Waals surface area contributed by atoms with Crippen molar-refractivity contribution >= 4 is 10.0 Å². The van der Waals surface area contributed by atoms with Crippen LogP contribution in [0.4, 0.5) is 0 Å². The fraction of sp³-hybridized carbons (Fsp3) is 0.667. The Bertz CT molecular complexity index is 558. The summed E-state index contributed by atoms with van der Waals surface area (Å²) in [5.41, 5.74) is 0.986. The van der Waals surface area contributed by atoms with Crippen LogP contribution >= 0.6 is 0 Å². The molecule has 0 aromatic heterocycles. The number of hydrogen-bond donors (Lipinski definition) is 0. The van der Waals surface area contributed by atoms with Crippen molar-refractivity contribution in [2.75, 3.05) is 13.1 Å². The molecule has 0 spiro atoms. The second-order valence-corrected chi connectivity index (χ2v) is 8.79. The summed E-state index contributed by atoms with van der Waals surface area (Å²) >= 11 is 0. The maximum absolute atomic E-state index is 13.3. The van der Waals surface area contributed by atoms with Crippen molar-refractivity contribution in [3.05, 3.63) is 35.9 Å². The maximum Gasteiger partial charge on any atom is 0.221 e. The van der Waals surface area contributed by atoms with E-state index in [4.69, 9.17) is 0 Å². The van der Waals surface area contributed by atoms with E-state index in [9.17, 15) is 8.42 Å². The largest absolute Gasteiger partial charge is 0.221 e. The molecule has 3 rings (SSSR count). The molecule has 1 saturated heterocycles. The first-order chi connectivity index (χ1) is 10.7. The SMILES string of the molecule is O=S(=O)([C@@H](c1ccccc1)C1CCCCC1)N1CCCCC1. The molecule has 2 fully saturated rings. The summed E-state index contributed by atoms with van der Waals surface area (Å²) in [7, 11) is -3.24.